The molecule has 0 amide bonds. The summed E-state index contributed by atoms with van der Waals surface area (Å²) in [6.07, 6.45) is 2.80. The molecule has 8 nitrogen and oxygen atoms in total. The van der Waals surface area contributed by atoms with Crippen LogP contribution in [0.1, 0.15) is 11.4 Å². The van der Waals surface area contributed by atoms with Crippen molar-refractivity contribution in [3.8, 4) is 0 Å². The average molecular weight is 340 g/mol. The van der Waals surface area contributed by atoms with Crippen molar-refractivity contribution < 1.29 is 18.3 Å². The van der Waals surface area contributed by atoms with Crippen LogP contribution in [-0.2, 0) is 14.8 Å². The lowest BCUT2D eigenvalue weighted by Crippen LogP contribution is -2.42. The molecule has 0 radical (unpaired) electrons. The molecule has 0 unspecified atom stereocenters. The second-order valence-corrected chi connectivity index (χ2v) is 8.50. The van der Waals surface area contributed by atoms with Crippen LogP contribution in [0.3, 0.4) is 0 Å². The molecule has 1 N–H and O–H groups in total. The lowest BCUT2D eigenvalue weighted by Gasteiger charge is -2.25. The van der Waals surface area contributed by atoms with Crippen molar-refractivity contribution in [3.05, 3.63) is 17.6 Å². The lowest BCUT2D eigenvalue weighted by atomic mass is 9.81. The Hall–Kier alpha value is -1.74. The van der Waals surface area contributed by atoms with Crippen molar-refractivity contribution in [2.24, 2.45) is 11.3 Å². The van der Waals surface area contributed by atoms with Gasteiger partial charge in [-0.05, 0) is 13.8 Å². The smallest absolute Gasteiger partial charge is 0.313 e. The molecule has 1 aromatic heterocycles. The van der Waals surface area contributed by atoms with E-state index in [2.05, 4.69) is 9.97 Å². The van der Waals surface area contributed by atoms with Gasteiger partial charge in [0.25, 0.3) is 0 Å². The third kappa shape index (κ3) is 2.57. The van der Waals surface area contributed by atoms with E-state index in [0.29, 0.717) is 12.4 Å². The molecule has 0 bridgehead atoms. The Morgan fingerprint density at radius 1 is 1.35 bits per heavy atom. The molecule has 3 rings (SSSR count). The highest BCUT2D eigenvalue weighted by atomic mass is 32.2. The normalized spacial score (nSPS) is 28.1. The standard InChI is InChI=1S/C14H20N4O4S/c1-9-4-15-10(2)12(16-9)17-5-11-6-18(23(3,21)22)8-14(11,7-17)13(19)20/h4,11H,5-8H2,1-3H3,(H,19,20)/t11-,14-/m1/s1. The van der Waals surface area contributed by atoms with Crippen molar-refractivity contribution in [1.82, 2.24) is 14.3 Å². The highest BCUT2D eigenvalue weighted by molar-refractivity contribution is 7.88. The van der Waals surface area contributed by atoms with Crippen molar-refractivity contribution in [2.45, 2.75) is 13.8 Å². The summed E-state index contributed by atoms with van der Waals surface area (Å²) < 4.78 is 24.8. The molecule has 23 heavy (non-hydrogen) atoms. The van der Waals surface area contributed by atoms with E-state index in [-0.39, 0.29) is 25.6 Å². The van der Waals surface area contributed by atoms with Crippen LogP contribution in [0.25, 0.3) is 0 Å². The Kier molecular flexibility index (Phi) is 3.60. The van der Waals surface area contributed by atoms with Gasteiger partial charge in [-0.25, -0.2) is 17.7 Å². The average Bonchev–Trinajstić information content (AvgIpc) is 2.95. The van der Waals surface area contributed by atoms with E-state index in [0.717, 1.165) is 17.6 Å². The minimum absolute atomic E-state index is 0.0145. The molecule has 2 aliphatic rings. The number of aliphatic carboxylic acids is 1. The van der Waals surface area contributed by atoms with Crippen LogP contribution >= 0.6 is 0 Å². The molecule has 0 aliphatic carbocycles. The first-order valence-corrected chi connectivity index (χ1v) is 9.22. The third-order valence-electron chi connectivity index (χ3n) is 4.82. The monoisotopic (exact) mass is 340 g/mol. The first kappa shape index (κ1) is 16.1. The van der Waals surface area contributed by atoms with Crippen molar-refractivity contribution in [3.63, 3.8) is 0 Å². The van der Waals surface area contributed by atoms with E-state index in [1.165, 1.54) is 4.31 Å². The molecule has 1 aromatic rings. The van der Waals surface area contributed by atoms with Crippen LogP contribution in [0.5, 0.6) is 0 Å². The summed E-state index contributed by atoms with van der Waals surface area (Å²) in [4.78, 5) is 22.6. The summed E-state index contributed by atoms with van der Waals surface area (Å²) in [5.41, 5.74) is 0.432. The van der Waals surface area contributed by atoms with Gasteiger partial charge in [0.15, 0.2) is 0 Å². The van der Waals surface area contributed by atoms with Crippen LogP contribution in [0.15, 0.2) is 6.20 Å². The number of hydrogen-bond acceptors (Lipinski definition) is 6. The minimum atomic E-state index is -3.39. The molecule has 2 atom stereocenters. The van der Waals surface area contributed by atoms with Crippen LogP contribution in [-0.4, -0.2) is 66.2 Å². The number of carboxylic acids is 1. The van der Waals surface area contributed by atoms with Crippen LogP contribution < -0.4 is 4.90 Å². The molecule has 126 valence electrons. The second kappa shape index (κ2) is 5.13. The molecule has 2 fully saturated rings. The van der Waals surface area contributed by atoms with Crippen molar-refractivity contribution >= 4 is 21.8 Å². The van der Waals surface area contributed by atoms with Crippen LogP contribution in [0.2, 0.25) is 0 Å². The van der Waals surface area contributed by atoms with Gasteiger partial charge in [0.1, 0.15) is 11.2 Å². The Balaban J connectivity index is 1.94. The van der Waals surface area contributed by atoms with Gasteiger partial charge < -0.3 is 10.0 Å². The largest absolute Gasteiger partial charge is 0.481 e. The lowest BCUT2D eigenvalue weighted by molar-refractivity contribution is -0.148. The van der Waals surface area contributed by atoms with Crippen molar-refractivity contribution in [2.75, 3.05) is 37.3 Å². The SMILES string of the molecule is Cc1cnc(C)c(N2C[C@@H]3CN(S(C)(=O)=O)C[C@]3(C(=O)O)C2)n1. The number of aryl methyl sites for hydroxylation is 2. The van der Waals surface area contributed by atoms with Gasteiger partial charge in [-0.2, -0.15) is 0 Å². The fraction of sp³-hybridized carbons (Fsp3) is 0.643. The molecular formula is C14H20N4O4S. The Morgan fingerprint density at radius 2 is 2.04 bits per heavy atom. The first-order valence-electron chi connectivity index (χ1n) is 7.37. The van der Waals surface area contributed by atoms with Gasteiger partial charge in [-0.3, -0.25) is 9.78 Å². The number of fused-ring (bicyclic) bond motifs is 1. The van der Waals surface area contributed by atoms with Crippen molar-refractivity contribution in [1.29, 1.82) is 0 Å². The molecule has 2 saturated heterocycles. The van der Waals surface area contributed by atoms with E-state index in [1.54, 1.807) is 6.20 Å². The number of aromatic nitrogens is 2. The first-order chi connectivity index (χ1) is 10.6. The van der Waals surface area contributed by atoms with Gasteiger partial charge in [-0.15, -0.1) is 0 Å². The van der Waals surface area contributed by atoms with Gasteiger partial charge in [0.2, 0.25) is 10.0 Å². The summed E-state index contributed by atoms with van der Waals surface area (Å²) >= 11 is 0. The summed E-state index contributed by atoms with van der Waals surface area (Å²) in [6.45, 7) is 4.65. The summed E-state index contributed by atoms with van der Waals surface area (Å²) in [7, 11) is -3.39. The zero-order valence-corrected chi connectivity index (χ0v) is 14.2. The number of carboxylic acid groups (broad SMARTS) is 1. The molecule has 3 heterocycles. The fourth-order valence-corrected chi connectivity index (χ4v) is 4.48. The van der Waals surface area contributed by atoms with E-state index in [9.17, 15) is 18.3 Å². The molecule has 0 aromatic carbocycles. The molecule has 9 heteroatoms. The van der Waals surface area contributed by atoms with Gasteiger partial charge in [0, 0.05) is 38.3 Å². The number of nitrogens with zero attached hydrogens (tertiary/aromatic N) is 4. The molecular weight excluding hydrogens is 320 g/mol. The van der Waals surface area contributed by atoms with E-state index >= 15 is 0 Å². The number of hydrogen-bond donors (Lipinski definition) is 1. The van der Waals surface area contributed by atoms with E-state index in [1.807, 2.05) is 18.7 Å². The maximum atomic E-state index is 11.9. The van der Waals surface area contributed by atoms with Gasteiger partial charge >= 0.3 is 5.97 Å². The second-order valence-electron chi connectivity index (χ2n) is 6.51. The summed E-state index contributed by atoms with van der Waals surface area (Å²) in [6, 6.07) is 0. The number of anilines is 1. The predicted octanol–water partition coefficient (Wildman–Crippen LogP) is -0.124. The third-order valence-corrected chi connectivity index (χ3v) is 6.04. The predicted molar refractivity (Wildman–Crippen MR) is 83.7 cm³/mol. The highest BCUT2D eigenvalue weighted by Gasteiger charge is 2.59. The zero-order chi connectivity index (χ0) is 17.0. The Morgan fingerprint density at radius 3 is 2.61 bits per heavy atom. The van der Waals surface area contributed by atoms with Crippen LogP contribution in [0.4, 0.5) is 5.82 Å². The van der Waals surface area contributed by atoms with E-state index in [4.69, 9.17) is 0 Å². The Bertz CT molecular complexity index is 766. The minimum Gasteiger partial charge on any atom is -0.481 e. The van der Waals surface area contributed by atoms with E-state index < -0.39 is 21.4 Å². The number of rotatable bonds is 3. The summed E-state index contributed by atoms with van der Waals surface area (Å²) in [5, 5.41) is 9.76. The number of sulfonamides is 1. The zero-order valence-electron chi connectivity index (χ0n) is 13.4. The molecule has 0 saturated carbocycles. The topological polar surface area (TPSA) is 104 Å². The maximum Gasteiger partial charge on any atom is 0.313 e. The number of carbonyl (C=O) groups is 1. The fourth-order valence-electron chi connectivity index (χ4n) is 3.56. The molecule has 2 aliphatic heterocycles. The molecule has 0 spiro atoms. The van der Waals surface area contributed by atoms with Crippen LogP contribution in [0, 0.1) is 25.2 Å². The quantitative estimate of drug-likeness (QED) is 0.818. The summed E-state index contributed by atoms with van der Waals surface area (Å²) in [5.74, 6) is -0.517. The maximum absolute atomic E-state index is 11.9. The van der Waals surface area contributed by atoms with Gasteiger partial charge in [-0.1, -0.05) is 0 Å². The van der Waals surface area contributed by atoms with Gasteiger partial charge in [0.05, 0.1) is 17.6 Å². The highest BCUT2D eigenvalue weighted by Crippen LogP contribution is 2.44. The Labute approximate surface area is 135 Å².